The molecule has 6 heteroatoms. The van der Waals surface area contributed by atoms with Crippen LogP contribution in [-0.4, -0.2) is 22.3 Å². The Bertz CT molecular complexity index is 2140. The molecule has 0 unspecified atom stereocenters. The van der Waals surface area contributed by atoms with E-state index in [1.54, 1.807) is 0 Å². The number of rotatable bonds is 6. The first-order valence-electron chi connectivity index (χ1n) is 14.9. The van der Waals surface area contributed by atoms with E-state index in [0.29, 0.717) is 17.5 Å². The van der Waals surface area contributed by atoms with E-state index in [2.05, 4.69) is 131 Å². The minimum Gasteiger partial charge on any atom is -0.509 e. The number of aromatic nitrogens is 2. The first-order chi connectivity index (χ1) is 21.6. The van der Waals surface area contributed by atoms with Gasteiger partial charge in [0.25, 0.3) is 0 Å². The molecule has 45 heavy (non-hydrogen) atoms. The molecular weight excluding hydrogens is 736 g/mol. The van der Waals surface area contributed by atoms with E-state index in [0.717, 1.165) is 51.1 Å². The van der Waals surface area contributed by atoms with E-state index in [1.807, 2.05) is 36.5 Å². The molecule has 7 aromatic rings. The molecule has 0 N–H and O–H groups in total. The van der Waals surface area contributed by atoms with Crippen LogP contribution in [0.2, 0.25) is 0 Å². The fourth-order valence-electron chi connectivity index (χ4n) is 6.18. The number of para-hydroxylation sites is 3. The number of nitrogens with zero attached hydrogens (tertiary/aromatic N) is 4. The maximum absolute atomic E-state index is 6.44. The van der Waals surface area contributed by atoms with Gasteiger partial charge in [0, 0.05) is 29.3 Å². The van der Waals surface area contributed by atoms with Crippen LogP contribution in [0, 0.1) is 12.1 Å². The van der Waals surface area contributed by atoms with Crippen molar-refractivity contribution < 1.29 is 25.8 Å². The van der Waals surface area contributed by atoms with Gasteiger partial charge in [-0.05, 0) is 60.7 Å². The van der Waals surface area contributed by atoms with Crippen molar-refractivity contribution in [2.75, 3.05) is 16.5 Å². The summed E-state index contributed by atoms with van der Waals surface area (Å²) in [7, 11) is 0. The van der Waals surface area contributed by atoms with E-state index in [4.69, 9.17) is 9.72 Å². The molecule has 0 spiro atoms. The fourth-order valence-corrected chi connectivity index (χ4v) is 6.18. The average molecular weight is 766 g/mol. The van der Waals surface area contributed by atoms with Crippen LogP contribution < -0.4 is 14.5 Å². The minimum absolute atomic E-state index is 0. The normalized spacial score (nSPS) is 12.5. The third kappa shape index (κ3) is 5.17. The smallest absolute Gasteiger partial charge is 0.509 e. The largest absolute Gasteiger partial charge is 2.00 e. The van der Waals surface area contributed by atoms with Crippen LogP contribution >= 0.6 is 0 Å². The Morgan fingerprint density at radius 3 is 2.29 bits per heavy atom. The van der Waals surface area contributed by atoms with Crippen LogP contribution in [0.5, 0.6) is 11.5 Å². The summed E-state index contributed by atoms with van der Waals surface area (Å²) >= 11 is 0. The molecule has 0 aliphatic carbocycles. The Balaban J connectivity index is 0.00000325. The van der Waals surface area contributed by atoms with E-state index in [1.165, 1.54) is 11.4 Å². The van der Waals surface area contributed by atoms with Crippen molar-refractivity contribution in [1.82, 2.24) is 9.55 Å². The number of pyridine rings is 1. The van der Waals surface area contributed by atoms with Crippen LogP contribution in [0.15, 0.2) is 128 Å². The number of hydrogen-bond acceptors (Lipinski definition) is 4. The van der Waals surface area contributed by atoms with Gasteiger partial charge in [-0.2, -0.15) is 12.1 Å². The second-order valence-electron chi connectivity index (χ2n) is 11.3. The zero-order valence-corrected chi connectivity index (χ0v) is 27.2. The minimum atomic E-state index is 0. The molecule has 5 aromatic carbocycles. The second-order valence-corrected chi connectivity index (χ2v) is 11.3. The molecule has 222 valence electrons. The van der Waals surface area contributed by atoms with E-state index >= 15 is 0 Å². The summed E-state index contributed by atoms with van der Waals surface area (Å²) < 4.78 is 8.62. The molecule has 1 aliphatic rings. The summed E-state index contributed by atoms with van der Waals surface area (Å²) in [5.41, 5.74) is 7.63. The van der Waals surface area contributed by atoms with Crippen LogP contribution in [0.25, 0.3) is 38.8 Å². The molecule has 0 amide bonds. The zero-order chi connectivity index (χ0) is 29.6. The first kappa shape index (κ1) is 28.9. The van der Waals surface area contributed by atoms with E-state index in [-0.39, 0.29) is 21.1 Å². The Labute approximate surface area is 277 Å². The summed E-state index contributed by atoms with van der Waals surface area (Å²) in [6.07, 6.45) is 1.87. The van der Waals surface area contributed by atoms with E-state index in [9.17, 15) is 0 Å². The summed E-state index contributed by atoms with van der Waals surface area (Å²) in [6.45, 7) is 5.22. The number of fused-ring (bicyclic) bond motifs is 4. The van der Waals surface area contributed by atoms with Gasteiger partial charge in [0.05, 0.1) is 18.0 Å². The molecule has 0 radical (unpaired) electrons. The Kier molecular flexibility index (Phi) is 7.64. The molecule has 8 rings (SSSR count). The van der Waals surface area contributed by atoms with Crippen LogP contribution in [0.1, 0.15) is 13.8 Å². The Morgan fingerprint density at radius 1 is 0.689 bits per heavy atom. The first-order valence-corrected chi connectivity index (χ1v) is 14.9. The van der Waals surface area contributed by atoms with Gasteiger partial charge in [-0.3, -0.25) is 0 Å². The number of benzene rings is 5. The van der Waals surface area contributed by atoms with Gasteiger partial charge in [-0.25, -0.2) is 4.98 Å². The summed E-state index contributed by atoms with van der Waals surface area (Å²) in [5, 5.41) is 2.24. The van der Waals surface area contributed by atoms with Crippen molar-refractivity contribution in [2.24, 2.45) is 0 Å². The van der Waals surface area contributed by atoms with Gasteiger partial charge in [0.15, 0.2) is 0 Å². The predicted octanol–water partition coefficient (Wildman–Crippen LogP) is 9.56. The summed E-state index contributed by atoms with van der Waals surface area (Å²) in [6, 6.07) is 49.2. The summed E-state index contributed by atoms with van der Waals surface area (Å²) in [4.78, 5) is 9.49. The van der Waals surface area contributed by atoms with Gasteiger partial charge in [-0.1, -0.05) is 71.9 Å². The molecule has 5 nitrogen and oxygen atoms in total. The number of anilines is 3. The monoisotopic (exact) mass is 765 g/mol. The number of ether oxygens (including phenoxy) is 1. The molecule has 0 saturated heterocycles. The fraction of sp³-hybridized carbons (Fsp3) is 0.103. The molecule has 1 aliphatic heterocycles. The quantitative estimate of drug-likeness (QED) is 0.158. The van der Waals surface area contributed by atoms with Gasteiger partial charge >= 0.3 is 21.1 Å². The Hall–Kier alpha value is -4.86. The van der Waals surface area contributed by atoms with Crippen LogP contribution in [-0.2, 0) is 21.1 Å². The SMILES string of the molecule is CC(C)N1CN(c2[c-]c(Oc3[c-]c4c(cc3)c3ccccc3n4-c3cc(-c4ccccc4)ccn3)ccc2)c2ccccc21.[Pt+2]. The third-order valence-electron chi connectivity index (χ3n) is 8.30. The van der Waals surface area contributed by atoms with Crippen LogP contribution in [0.3, 0.4) is 0 Å². The topological polar surface area (TPSA) is 33.5 Å². The van der Waals surface area contributed by atoms with Gasteiger partial charge < -0.3 is 19.1 Å². The Morgan fingerprint density at radius 2 is 1.44 bits per heavy atom. The van der Waals surface area contributed by atoms with Gasteiger partial charge in [0.2, 0.25) is 0 Å². The maximum Gasteiger partial charge on any atom is 2.00 e. The van der Waals surface area contributed by atoms with Crippen molar-refractivity contribution in [2.45, 2.75) is 19.9 Å². The van der Waals surface area contributed by atoms with Crippen molar-refractivity contribution in [3.05, 3.63) is 140 Å². The molecule has 2 aromatic heterocycles. The van der Waals surface area contributed by atoms with Gasteiger partial charge in [-0.15, -0.1) is 35.7 Å². The molecule has 0 atom stereocenters. The molecule has 0 bridgehead atoms. The predicted molar refractivity (Wildman–Crippen MR) is 179 cm³/mol. The molecule has 0 fully saturated rings. The van der Waals surface area contributed by atoms with Crippen molar-refractivity contribution in [3.8, 4) is 28.4 Å². The molecule has 0 saturated carbocycles. The molecular formula is C39H30N4OPt. The maximum atomic E-state index is 6.44. The zero-order valence-electron chi connectivity index (χ0n) is 24.9. The second kappa shape index (κ2) is 11.9. The van der Waals surface area contributed by atoms with Crippen molar-refractivity contribution >= 4 is 38.9 Å². The van der Waals surface area contributed by atoms with Crippen molar-refractivity contribution in [3.63, 3.8) is 0 Å². The van der Waals surface area contributed by atoms with Crippen molar-refractivity contribution in [1.29, 1.82) is 0 Å². The third-order valence-corrected chi connectivity index (χ3v) is 8.30. The van der Waals surface area contributed by atoms with Crippen LogP contribution in [0.4, 0.5) is 17.1 Å². The van der Waals surface area contributed by atoms with Gasteiger partial charge in [0.1, 0.15) is 5.82 Å². The summed E-state index contributed by atoms with van der Waals surface area (Å²) in [5.74, 6) is 2.10. The average Bonchev–Trinajstić information content (AvgIpc) is 3.62. The number of hydrogen-bond donors (Lipinski definition) is 0. The molecule has 3 heterocycles. The van der Waals surface area contributed by atoms with E-state index < -0.39 is 0 Å². The standard InChI is InChI=1S/C39H30N4O.Pt/c1-27(2)41-26-42(37-18-9-8-17-36(37)41)30-13-10-14-31(24-30)44-32-19-20-34-33-15-6-7-16-35(33)43(38(34)25-32)39-23-29(21-22-40-39)28-11-4-3-5-12-28;/h3-23,27H,26H2,1-2H3;/q-2;+2.